The van der Waals surface area contributed by atoms with Gasteiger partial charge in [-0.2, -0.15) is 0 Å². The minimum atomic E-state index is -0.474. The summed E-state index contributed by atoms with van der Waals surface area (Å²) in [4.78, 5) is 22.9. The highest BCUT2D eigenvalue weighted by Crippen LogP contribution is 2.25. The Balaban J connectivity index is 2.02. The molecule has 1 aliphatic rings. The summed E-state index contributed by atoms with van der Waals surface area (Å²) in [6.45, 7) is 0.379. The van der Waals surface area contributed by atoms with E-state index in [2.05, 4.69) is 16.0 Å². The van der Waals surface area contributed by atoms with Crippen molar-refractivity contribution >= 4 is 40.7 Å². The van der Waals surface area contributed by atoms with Crippen molar-refractivity contribution in [3.63, 3.8) is 0 Å². The van der Waals surface area contributed by atoms with Gasteiger partial charge in [-0.3, -0.25) is 14.9 Å². The van der Waals surface area contributed by atoms with Gasteiger partial charge >= 0.3 is 0 Å². The number of carbonyl (C=O) groups excluding carboxylic acids is 2. The number of nitrogens with one attached hydrogen (secondary N) is 3. The predicted octanol–water partition coefficient (Wildman–Crippen LogP) is 1.02. The van der Waals surface area contributed by atoms with Crippen molar-refractivity contribution in [3.8, 4) is 0 Å². The zero-order valence-electron chi connectivity index (χ0n) is 9.30. The fourth-order valence-electron chi connectivity index (χ4n) is 1.56. The van der Waals surface area contributed by atoms with Crippen LogP contribution in [0.15, 0.2) is 18.2 Å². The van der Waals surface area contributed by atoms with E-state index < -0.39 is 6.04 Å². The first-order chi connectivity index (χ1) is 8.56. The highest BCUT2D eigenvalue weighted by molar-refractivity contribution is 6.35. The van der Waals surface area contributed by atoms with Crippen LogP contribution < -0.4 is 16.0 Å². The minimum Gasteiger partial charge on any atom is -0.353 e. The Morgan fingerprint density at radius 3 is 2.83 bits per heavy atom. The van der Waals surface area contributed by atoms with Gasteiger partial charge in [0.2, 0.25) is 11.8 Å². The summed E-state index contributed by atoms with van der Waals surface area (Å²) in [6, 6.07) is 4.34. The largest absolute Gasteiger partial charge is 0.353 e. The molecular weight excluding hydrogens is 277 g/mol. The maximum atomic E-state index is 11.9. The molecule has 0 bridgehead atoms. The van der Waals surface area contributed by atoms with Crippen LogP contribution >= 0.6 is 23.2 Å². The highest BCUT2D eigenvalue weighted by Gasteiger charge is 2.24. The Morgan fingerprint density at radius 1 is 1.39 bits per heavy atom. The van der Waals surface area contributed by atoms with Crippen molar-refractivity contribution in [2.24, 2.45) is 0 Å². The van der Waals surface area contributed by atoms with Gasteiger partial charge in [-0.15, -0.1) is 0 Å². The van der Waals surface area contributed by atoms with Crippen molar-refractivity contribution in [2.45, 2.75) is 6.04 Å². The van der Waals surface area contributed by atoms with E-state index in [0.29, 0.717) is 15.7 Å². The molecule has 1 aliphatic heterocycles. The molecule has 1 aromatic rings. The third-order valence-electron chi connectivity index (χ3n) is 2.52. The Morgan fingerprint density at radius 2 is 2.17 bits per heavy atom. The second-order valence-corrected chi connectivity index (χ2v) is 4.69. The number of amides is 2. The van der Waals surface area contributed by atoms with Gasteiger partial charge in [0.15, 0.2) is 0 Å². The molecule has 2 amide bonds. The first-order valence-electron chi connectivity index (χ1n) is 5.32. The van der Waals surface area contributed by atoms with E-state index in [1.807, 2.05) is 0 Å². The summed E-state index contributed by atoms with van der Waals surface area (Å²) in [5.41, 5.74) is 0.452. The summed E-state index contributed by atoms with van der Waals surface area (Å²) < 4.78 is 0. The van der Waals surface area contributed by atoms with Gasteiger partial charge < -0.3 is 10.6 Å². The third kappa shape index (κ3) is 3.13. The second-order valence-electron chi connectivity index (χ2n) is 3.85. The number of halogens is 2. The van der Waals surface area contributed by atoms with Crippen molar-refractivity contribution < 1.29 is 9.59 Å². The van der Waals surface area contributed by atoms with Crippen molar-refractivity contribution in [3.05, 3.63) is 28.2 Å². The van der Waals surface area contributed by atoms with Gasteiger partial charge in [-0.1, -0.05) is 23.2 Å². The molecule has 96 valence electrons. The van der Waals surface area contributed by atoms with Gasteiger partial charge in [-0.25, -0.2) is 0 Å². The normalized spacial score (nSPS) is 19.2. The van der Waals surface area contributed by atoms with Crippen LogP contribution in [-0.2, 0) is 9.59 Å². The lowest BCUT2D eigenvalue weighted by Gasteiger charge is -2.23. The van der Waals surface area contributed by atoms with Gasteiger partial charge in [0.25, 0.3) is 0 Å². The molecule has 0 spiro atoms. The zero-order valence-corrected chi connectivity index (χ0v) is 10.8. The molecule has 1 saturated heterocycles. The van der Waals surface area contributed by atoms with Gasteiger partial charge in [0.1, 0.15) is 6.04 Å². The first-order valence-corrected chi connectivity index (χ1v) is 6.08. The molecule has 3 N–H and O–H groups in total. The summed E-state index contributed by atoms with van der Waals surface area (Å²) in [5, 5.41) is 8.99. The van der Waals surface area contributed by atoms with E-state index >= 15 is 0 Å². The lowest BCUT2D eigenvalue weighted by atomic mass is 10.2. The number of anilines is 1. The predicted molar refractivity (Wildman–Crippen MR) is 69.9 cm³/mol. The third-order valence-corrected chi connectivity index (χ3v) is 3.08. The van der Waals surface area contributed by atoms with Crippen LogP contribution in [0.4, 0.5) is 5.69 Å². The first kappa shape index (κ1) is 13.1. The smallest absolute Gasteiger partial charge is 0.243 e. The van der Waals surface area contributed by atoms with E-state index in [1.54, 1.807) is 18.2 Å². The molecule has 0 aliphatic carbocycles. The van der Waals surface area contributed by atoms with Crippen molar-refractivity contribution in [1.29, 1.82) is 0 Å². The highest BCUT2D eigenvalue weighted by atomic mass is 35.5. The van der Waals surface area contributed by atoms with Crippen LogP contribution in [-0.4, -0.2) is 30.9 Å². The van der Waals surface area contributed by atoms with E-state index in [-0.39, 0.29) is 24.9 Å². The summed E-state index contributed by atoms with van der Waals surface area (Å²) in [7, 11) is 0. The lowest BCUT2D eigenvalue weighted by molar-refractivity contribution is -0.124. The van der Waals surface area contributed by atoms with Crippen molar-refractivity contribution in [2.75, 3.05) is 18.4 Å². The fraction of sp³-hybridized carbons (Fsp3) is 0.273. The summed E-state index contributed by atoms with van der Waals surface area (Å²) in [6.07, 6.45) is 0. The van der Waals surface area contributed by atoms with Crippen LogP contribution in [0.3, 0.4) is 0 Å². The summed E-state index contributed by atoms with van der Waals surface area (Å²) in [5.74, 6) is -0.390. The van der Waals surface area contributed by atoms with Crippen molar-refractivity contribution in [1.82, 2.24) is 10.6 Å². The Hall–Kier alpha value is -1.30. The maximum absolute atomic E-state index is 11.9. The van der Waals surface area contributed by atoms with E-state index in [4.69, 9.17) is 23.2 Å². The van der Waals surface area contributed by atoms with Crippen LogP contribution in [0, 0.1) is 0 Å². The monoisotopic (exact) mass is 287 g/mol. The number of hydrogen-bond acceptors (Lipinski definition) is 3. The molecular formula is C11H11Cl2N3O2. The van der Waals surface area contributed by atoms with E-state index in [9.17, 15) is 9.59 Å². The number of hydrogen-bond donors (Lipinski definition) is 3. The molecule has 2 rings (SSSR count). The number of carbonyl (C=O) groups is 2. The molecule has 0 radical (unpaired) electrons. The van der Waals surface area contributed by atoms with Crippen LogP contribution in [0.1, 0.15) is 0 Å². The topological polar surface area (TPSA) is 70.2 Å². The van der Waals surface area contributed by atoms with E-state index in [0.717, 1.165) is 0 Å². The van der Waals surface area contributed by atoms with Gasteiger partial charge in [-0.05, 0) is 18.2 Å². The van der Waals surface area contributed by atoms with Crippen LogP contribution in [0.5, 0.6) is 0 Å². The maximum Gasteiger partial charge on any atom is 0.243 e. The Bertz CT molecular complexity index is 483. The fourth-order valence-corrected chi connectivity index (χ4v) is 1.90. The molecule has 0 saturated carbocycles. The van der Waals surface area contributed by atoms with Crippen LogP contribution in [0.25, 0.3) is 0 Å². The molecule has 1 heterocycles. The number of benzene rings is 1. The van der Waals surface area contributed by atoms with E-state index in [1.165, 1.54) is 0 Å². The quantitative estimate of drug-likeness (QED) is 0.761. The Kier molecular flexibility index (Phi) is 4.06. The molecule has 0 aromatic heterocycles. The van der Waals surface area contributed by atoms with Crippen LogP contribution in [0.2, 0.25) is 10.0 Å². The average Bonchev–Trinajstić information content (AvgIpc) is 2.34. The molecule has 18 heavy (non-hydrogen) atoms. The molecule has 1 aromatic carbocycles. The number of rotatable bonds is 2. The number of piperazine rings is 1. The average molecular weight is 288 g/mol. The molecule has 5 nitrogen and oxygen atoms in total. The second kappa shape index (κ2) is 5.56. The molecule has 1 atom stereocenters. The lowest BCUT2D eigenvalue weighted by Crippen LogP contribution is -2.56. The molecule has 1 unspecified atom stereocenters. The molecule has 7 heteroatoms. The Labute approximate surface area is 114 Å². The van der Waals surface area contributed by atoms with Gasteiger partial charge in [0.05, 0.1) is 17.3 Å². The minimum absolute atomic E-state index is 0.125. The zero-order chi connectivity index (χ0) is 13.1. The van der Waals surface area contributed by atoms with Gasteiger partial charge in [0, 0.05) is 11.6 Å². The SMILES string of the molecule is O=C1CNC(C(=O)Nc2cc(Cl)ccc2Cl)CN1. The standard InChI is InChI=1S/C11H11Cl2N3O2/c12-6-1-2-7(13)8(3-6)16-11(18)9-4-15-10(17)5-14-9/h1-3,9,14H,4-5H2,(H,15,17)(H,16,18). The molecule has 1 fully saturated rings. The summed E-state index contributed by atoms with van der Waals surface area (Å²) >= 11 is 11.8.